The lowest BCUT2D eigenvalue weighted by molar-refractivity contribution is 0.910. The first-order chi connectivity index (χ1) is 9.33. The van der Waals surface area contributed by atoms with Crippen molar-refractivity contribution < 1.29 is 0 Å². The Hall–Kier alpha value is -2.96. The summed E-state index contributed by atoms with van der Waals surface area (Å²) in [6.45, 7) is 0. The molecule has 4 rings (SSSR count). The molecule has 3 N–H and O–H groups in total. The van der Waals surface area contributed by atoms with E-state index in [1.807, 2.05) is 18.2 Å². The van der Waals surface area contributed by atoms with Crippen LogP contribution in [0, 0.1) is 0 Å². The van der Waals surface area contributed by atoms with Crippen molar-refractivity contribution in [3.8, 4) is 5.69 Å². The third kappa shape index (κ3) is 1.38. The fraction of sp³-hybridized carbons (Fsp3) is 0. The summed E-state index contributed by atoms with van der Waals surface area (Å²) in [6, 6.07) is 5.89. The zero-order valence-corrected chi connectivity index (χ0v) is 9.78. The minimum absolute atomic E-state index is 0.409. The van der Waals surface area contributed by atoms with Crippen molar-refractivity contribution in [1.29, 1.82) is 0 Å². The summed E-state index contributed by atoms with van der Waals surface area (Å²) in [6.07, 6.45) is 4.88. The first kappa shape index (κ1) is 10.0. The average Bonchev–Trinajstić information content (AvgIpc) is 3.04. The first-order valence-corrected chi connectivity index (χ1v) is 5.70. The second-order valence-corrected chi connectivity index (χ2v) is 4.19. The van der Waals surface area contributed by atoms with Gasteiger partial charge in [-0.2, -0.15) is 10.2 Å². The number of aromatic nitrogens is 6. The van der Waals surface area contributed by atoms with Crippen molar-refractivity contribution >= 4 is 27.8 Å². The Morgan fingerprint density at radius 2 is 2.11 bits per heavy atom. The lowest BCUT2D eigenvalue weighted by atomic mass is 10.2. The lowest BCUT2D eigenvalue weighted by Gasteiger charge is -2.04. The molecule has 0 saturated heterocycles. The van der Waals surface area contributed by atoms with Crippen molar-refractivity contribution in [2.75, 3.05) is 5.73 Å². The second-order valence-electron chi connectivity index (χ2n) is 4.19. The minimum Gasteiger partial charge on any atom is -0.382 e. The van der Waals surface area contributed by atoms with E-state index in [-0.39, 0.29) is 0 Å². The highest BCUT2D eigenvalue weighted by atomic mass is 15.3. The van der Waals surface area contributed by atoms with E-state index in [4.69, 9.17) is 5.73 Å². The predicted octanol–water partition coefficient (Wildman–Crippen LogP) is 1.27. The Labute approximate surface area is 107 Å². The van der Waals surface area contributed by atoms with Gasteiger partial charge < -0.3 is 5.73 Å². The van der Waals surface area contributed by atoms with Crippen LogP contribution in [0.1, 0.15) is 0 Å². The molecule has 0 amide bonds. The number of rotatable bonds is 1. The number of nitrogen functional groups attached to an aromatic ring is 1. The zero-order valence-electron chi connectivity index (χ0n) is 9.78. The van der Waals surface area contributed by atoms with E-state index < -0.39 is 0 Å². The molecule has 0 fully saturated rings. The molecule has 0 aliphatic carbocycles. The predicted molar refractivity (Wildman–Crippen MR) is 70.7 cm³/mol. The molecular weight excluding hydrogens is 242 g/mol. The molecule has 0 bridgehead atoms. The van der Waals surface area contributed by atoms with Gasteiger partial charge in [-0.1, -0.05) is 0 Å². The Bertz CT molecular complexity index is 889. The molecule has 0 saturated carbocycles. The summed E-state index contributed by atoms with van der Waals surface area (Å²) in [4.78, 5) is 8.15. The quantitative estimate of drug-likeness (QED) is 0.531. The molecule has 1 aromatic carbocycles. The summed E-state index contributed by atoms with van der Waals surface area (Å²) < 4.78 is 1.73. The molecule has 4 aromatic rings. The maximum absolute atomic E-state index is 5.90. The van der Waals surface area contributed by atoms with Gasteiger partial charge in [0, 0.05) is 5.39 Å². The van der Waals surface area contributed by atoms with Crippen LogP contribution in [0.5, 0.6) is 0 Å². The van der Waals surface area contributed by atoms with E-state index in [0.717, 1.165) is 22.1 Å². The van der Waals surface area contributed by atoms with Crippen molar-refractivity contribution in [2.45, 2.75) is 0 Å². The molecule has 0 spiro atoms. The molecule has 3 heterocycles. The number of nitrogens with two attached hydrogens (primary N) is 1. The van der Waals surface area contributed by atoms with Gasteiger partial charge >= 0.3 is 0 Å². The van der Waals surface area contributed by atoms with Crippen LogP contribution >= 0.6 is 0 Å². The Morgan fingerprint density at radius 1 is 1.16 bits per heavy atom. The van der Waals surface area contributed by atoms with Crippen LogP contribution < -0.4 is 5.73 Å². The standard InChI is InChI=1S/C12H9N7/c13-12-11-10(14-6-15-12)5-17-19(11)8-2-1-7-4-16-18-9(7)3-8/h1-6H,(H,16,18)(H2,13,14,15). The molecule has 0 radical (unpaired) electrons. The Kier molecular flexibility index (Phi) is 1.85. The maximum atomic E-state index is 5.90. The zero-order chi connectivity index (χ0) is 12.8. The molecule has 7 nitrogen and oxygen atoms in total. The van der Waals surface area contributed by atoms with Gasteiger partial charge in [0.05, 0.1) is 23.6 Å². The van der Waals surface area contributed by atoms with Gasteiger partial charge in [-0.05, 0) is 18.2 Å². The van der Waals surface area contributed by atoms with E-state index in [1.54, 1.807) is 17.1 Å². The van der Waals surface area contributed by atoms with Crippen molar-refractivity contribution in [3.63, 3.8) is 0 Å². The summed E-state index contributed by atoms with van der Waals surface area (Å²) in [5.74, 6) is 0.409. The van der Waals surface area contributed by atoms with Crippen molar-refractivity contribution in [1.82, 2.24) is 29.9 Å². The molecule has 7 heteroatoms. The van der Waals surface area contributed by atoms with Crippen LogP contribution in [0.4, 0.5) is 5.82 Å². The smallest absolute Gasteiger partial charge is 0.153 e. The van der Waals surface area contributed by atoms with E-state index in [2.05, 4.69) is 25.3 Å². The summed E-state index contributed by atoms with van der Waals surface area (Å²) in [7, 11) is 0. The summed E-state index contributed by atoms with van der Waals surface area (Å²) in [5.41, 5.74) is 9.15. The molecule has 3 aromatic heterocycles. The monoisotopic (exact) mass is 251 g/mol. The van der Waals surface area contributed by atoms with Gasteiger partial charge in [-0.25, -0.2) is 14.6 Å². The minimum atomic E-state index is 0.409. The van der Waals surface area contributed by atoms with Gasteiger partial charge in [-0.15, -0.1) is 0 Å². The van der Waals surface area contributed by atoms with Crippen LogP contribution in [0.25, 0.3) is 27.6 Å². The number of H-pyrrole nitrogens is 1. The van der Waals surface area contributed by atoms with Crippen LogP contribution in [-0.4, -0.2) is 29.9 Å². The topological polar surface area (TPSA) is 98.3 Å². The number of aromatic amines is 1. The number of benzene rings is 1. The van der Waals surface area contributed by atoms with Crippen molar-refractivity contribution in [3.05, 3.63) is 36.9 Å². The highest BCUT2D eigenvalue weighted by Crippen LogP contribution is 2.22. The molecule has 19 heavy (non-hydrogen) atoms. The van der Waals surface area contributed by atoms with Crippen molar-refractivity contribution in [2.24, 2.45) is 0 Å². The summed E-state index contributed by atoms with van der Waals surface area (Å²) in [5, 5.41) is 12.3. The number of hydrogen-bond acceptors (Lipinski definition) is 5. The van der Waals surface area contributed by atoms with Gasteiger partial charge in [0.1, 0.15) is 17.4 Å². The largest absolute Gasteiger partial charge is 0.382 e. The molecule has 0 unspecified atom stereocenters. The fourth-order valence-electron chi connectivity index (χ4n) is 2.14. The number of nitrogens with zero attached hydrogens (tertiary/aromatic N) is 5. The highest BCUT2D eigenvalue weighted by molar-refractivity contribution is 5.86. The van der Waals surface area contributed by atoms with Gasteiger partial charge in [0.2, 0.25) is 0 Å². The summed E-state index contributed by atoms with van der Waals surface area (Å²) >= 11 is 0. The van der Waals surface area contributed by atoms with Gasteiger partial charge in [0.15, 0.2) is 5.82 Å². The molecular formula is C12H9N7. The molecule has 0 atom stereocenters. The second kappa shape index (κ2) is 3.52. The lowest BCUT2D eigenvalue weighted by Crippen LogP contribution is -2.00. The van der Waals surface area contributed by atoms with Gasteiger partial charge in [-0.3, -0.25) is 5.10 Å². The average molecular weight is 251 g/mol. The van der Waals surface area contributed by atoms with E-state index in [1.165, 1.54) is 6.33 Å². The maximum Gasteiger partial charge on any atom is 0.153 e. The number of fused-ring (bicyclic) bond motifs is 2. The number of anilines is 1. The fourth-order valence-corrected chi connectivity index (χ4v) is 2.14. The van der Waals surface area contributed by atoms with Crippen LogP contribution in [0.15, 0.2) is 36.9 Å². The van der Waals surface area contributed by atoms with Crippen LogP contribution in [0.3, 0.4) is 0 Å². The Morgan fingerprint density at radius 3 is 3.05 bits per heavy atom. The molecule has 0 aliphatic rings. The molecule has 0 aliphatic heterocycles. The number of nitrogens with one attached hydrogen (secondary N) is 1. The van der Waals surface area contributed by atoms with E-state index in [0.29, 0.717) is 11.3 Å². The third-order valence-corrected chi connectivity index (χ3v) is 3.06. The Balaban J connectivity index is 2.03. The van der Waals surface area contributed by atoms with Gasteiger partial charge in [0.25, 0.3) is 0 Å². The van der Waals surface area contributed by atoms with E-state index >= 15 is 0 Å². The molecule has 92 valence electrons. The first-order valence-electron chi connectivity index (χ1n) is 5.70. The van der Waals surface area contributed by atoms with Crippen LogP contribution in [0.2, 0.25) is 0 Å². The van der Waals surface area contributed by atoms with Crippen LogP contribution in [-0.2, 0) is 0 Å². The van der Waals surface area contributed by atoms with E-state index in [9.17, 15) is 0 Å². The normalized spacial score (nSPS) is 11.4. The highest BCUT2D eigenvalue weighted by Gasteiger charge is 2.10. The number of hydrogen-bond donors (Lipinski definition) is 2. The SMILES string of the molecule is Nc1ncnc2cnn(-c3ccc4cn[nH]c4c3)c12. The third-order valence-electron chi connectivity index (χ3n) is 3.06.